The molecule has 4 rings (SSSR count). The van der Waals surface area contributed by atoms with Gasteiger partial charge in [0.25, 0.3) is 0 Å². The van der Waals surface area contributed by atoms with Gasteiger partial charge in [-0.05, 0) is 50.3 Å². The van der Waals surface area contributed by atoms with E-state index in [0.29, 0.717) is 11.7 Å². The first-order valence-corrected chi connectivity index (χ1v) is 8.22. The molecular formula is C18H23N3O. The van der Waals surface area contributed by atoms with Crippen LogP contribution in [-0.4, -0.2) is 17.1 Å². The second-order valence-electron chi connectivity index (χ2n) is 6.76. The van der Waals surface area contributed by atoms with Crippen LogP contribution in [0.25, 0.3) is 0 Å². The first-order chi connectivity index (χ1) is 10.7. The summed E-state index contributed by atoms with van der Waals surface area (Å²) in [5, 5.41) is 0. The highest BCUT2D eigenvalue weighted by atomic mass is 16.5. The van der Waals surface area contributed by atoms with Gasteiger partial charge in [-0.1, -0.05) is 23.8 Å². The Morgan fingerprint density at radius 3 is 2.91 bits per heavy atom. The molecule has 1 aromatic heterocycles. The summed E-state index contributed by atoms with van der Waals surface area (Å²) >= 11 is 0. The summed E-state index contributed by atoms with van der Waals surface area (Å²) in [6.07, 6.45) is 12.2. The minimum atomic E-state index is -0.471. The molecule has 0 aliphatic heterocycles. The second kappa shape index (κ2) is 5.21. The molecule has 2 atom stereocenters. The van der Waals surface area contributed by atoms with Crippen molar-refractivity contribution < 1.29 is 4.74 Å². The van der Waals surface area contributed by atoms with E-state index < -0.39 is 5.60 Å². The largest absolute Gasteiger partial charge is 0.384 e. The topological polar surface area (TPSA) is 74.2 Å². The standard InChI is InChI=1S/C18H23N3O/c19-13-10-14(11-13)22-18(16-7-2-8-17(20)21-16)9-3-5-12-4-1-6-15(12)18/h2-3,5,7-9,13-15H,1,4,6,10-11,19H2,(H2,20,21). The van der Waals surface area contributed by atoms with E-state index in [1.807, 2.05) is 18.2 Å². The van der Waals surface area contributed by atoms with E-state index in [0.717, 1.165) is 31.4 Å². The predicted octanol–water partition coefficient (Wildman–Crippen LogP) is 2.66. The molecule has 3 aliphatic carbocycles. The monoisotopic (exact) mass is 297 g/mol. The Morgan fingerprint density at radius 1 is 1.27 bits per heavy atom. The Hall–Kier alpha value is -1.65. The molecular weight excluding hydrogens is 274 g/mol. The zero-order valence-corrected chi connectivity index (χ0v) is 12.7. The molecule has 2 saturated carbocycles. The second-order valence-corrected chi connectivity index (χ2v) is 6.76. The van der Waals surface area contributed by atoms with Gasteiger partial charge in [-0.3, -0.25) is 0 Å². The molecule has 22 heavy (non-hydrogen) atoms. The summed E-state index contributed by atoms with van der Waals surface area (Å²) in [5.74, 6) is 0.928. The number of hydrogen-bond acceptors (Lipinski definition) is 4. The first-order valence-electron chi connectivity index (χ1n) is 8.22. The molecule has 116 valence electrons. The normalized spacial score (nSPS) is 36.6. The Bertz CT molecular complexity index is 633. The van der Waals surface area contributed by atoms with Gasteiger partial charge in [0.2, 0.25) is 0 Å². The predicted molar refractivity (Wildman–Crippen MR) is 87.0 cm³/mol. The van der Waals surface area contributed by atoms with E-state index in [1.54, 1.807) is 0 Å². The highest BCUT2D eigenvalue weighted by molar-refractivity contribution is 5.40. The van der Waals surface area contributed by atoms with Crippen LogP contribution in [0.5, 0.6) is 0 Å². The summed E-state index contributed by atoms with van der Waals surface area (Å²) in [5.41, 5.74) is 13.8. The average Bonchev–Trinajstić information content (AvgIpc) is 2.95. The third-order valence-corrected chi connectivity index (χ3v) is 5.24. The lowest BCUT2D eigenvalue weighted by Gasteiger charge is -2.45. The summed E-state index contributed by atoms with van der Waals surface area (Å²) in [6, 6.07) is 6.12. The molecule has 0 bridgehead atoms. The number of nitrogens with zero attached hydrogens (tertiary/aromatic N) is 1. The molecule has 2 unspecified atom stereocenters. The Morgan fingerprint density at radius 2 is 2.14 bits per heavy atom. The summed E-state index contributed by atoms with van der Waals surface area (Å²) in [4.78, 5) is 4.60. The van der Waals surface area contributed by atoms with Gasteiger partial charge in [-0.25, -0.2) is 4.98 Å². The van der Waals surface area contributed by atoms with Crippen molar-refractivity contribution in [3.05, 3.63) is 47.7 Å². The van der Waals surface area contributed by atoms with Crippen molar-refractivity contribution >= 4 is 5.82 Å². The van der Waals surface area contributed by atoms with Crippen LogP contribution >= 0.6 is 0 Å². The number of fused-ring (bicyclic) bond motifs is 1. The molecule has 2 fully saturated rings. The number of allylic oxidation sites excluding steroid dienone is 2. The lowest BCUT2D eigenvalue weighted by Crippen LogP contribution is -2.49. The number of nitrogen functional groups attached to an aromatic ring is 1. The third kappa shape index (κ3) is 2.18. The summed E-state index contributed by atoms with van der Waals surface area (Å²) in [7, 11) is 0. The van der Waals surface area contributed by atoms with Gasteiger partial charge in [-0.15, -0.1) is 0 Å². The molecule has 4 nitrogen and oxygen atoms in total. The van der Waals surface area contributed by atoms with E-state index in [-0.39, 0.29) is 12.1 Å². The van der Waals surface area contributed by atoms with Crippen LogP contribution in [0.2, 0.25) is 0 Å². The molecule has 1 aromatic rings. The van der Waals surface area contributed by atoms with Crippen molar-refractivity contribution in [2.75, 3.05) is 5.73 Å². The molecule has 4 heteroatoms. The van der Waals surface area contributed by atoms with Crippen LogP contribution < -0.4 is 11.5 Å². The maximum Gasteiger partial charge on any atom is 0.135 e. The van der Waals surface area contributed by atoms with Gasteiger partial charge < -0.3 is 16.2 Å². The van der Waals surface area contributed by atoms with Crippen molar-refractivity contribution in [2.24, 2.45) is 11.7 Å². The van der Waals surface area contributed by atoms with E-state index in [1.165, 1.54) is 12.0 Å². The smallest absolute Gasteiger partial charge is 0.135 e. The zero-order valence-electron chi connectivity index (χ0n) is 12.7. The Balaban J connectivity index is 1.74. The molecule has 1 heterocycles. The average molecular weight is 297 g/mol. The van der Waals surface area contributed by atoms with Gasteiger partial charge in [-0.2, -0.15) is 0 Å². The number of nitrogens with two attached hydrogens (primary N) is 2. The van der Waals surface area contributed by atoms with Crippen molar-refractivity contribution in [3.63, 3.8) is 0 Å². The molecule has 0 aromatic carbocycles. The van der Waals surface area contributed by atoms with Crippen molar-refractivity contribution in [3.8, 4) is 0 Å². The summed E-state index contributed by atoms with van der Waals surface area (Å²) in [6.45, 7) is 0. The quantitative estimate of drug-likeness (QED) is 0.899. The van der Waals surface area contributed by atoms with Crippen molar-refractivity contribution in [1.82, 2.24) is 4.98 Å². The molecule has 3 aliphatic rings. The molecule has 0 saturated heterocycles. The van der Waals surface area contributed by atoms with Crippen molar-refractivity contribution in [1.29, 1.82) is 0 Å². The highest BCUT2D eigenvalue weighted by Crippen LogP contribution is 2.50. The fourth-order valence-corrected chi connectivity index (χ4v) is 4.08. The van der Waals surface area contributed by atoms with Crippen LogP contribution in [0, 0.1) is 5.92 Å². The van der Waals surface area contributed by atoms with E-state index >= 15 is 0 Å². The van der Waals surface area contributed by atoms with E-state index in [2.05, 4.69) is 23.2 Å². The number of ether oxygens (including phenoxy) is 1. The van der Waals surface area contributed by atoms with Gasteiger partial charge in [0.1, 0.15) is 11.4 Å². The molecule has 0 radical (unpaired) electrons. The Kier molecular flexibility index (Phi) is 3.31. The van der Waals surface area contributed by atoms with E-state index in [9.17, 15) is 0 Å². The van der Waals surface area contributed by atoms with Gasteiger partial charge in [0.05, 0.1) is 11.8 Å². The maximum absolute atomic E-state index is 6.61. The number of anilines is 1. The maximum atomic E-state index is 6.61. The summed E-state index contributed by atoms with van der Waals surface area (Å²) < 4.78 is 6.61. The molecule has 4 N–H and O–H groups in total. The van der Waals surface area contributed by atoms with Crippen LogP contribution in [0.4, 0.5) is 5.82 Å². The third-order valence-electron chi connectivity index (χ3n) is 5.24. The molecule has 0 amide bonds. The van der Waals surface area contributed by atoms with Crippen LogP contribution in [0.1, 0.15) is 37.8 Å². The number of hydrogen-bond donors (Lipinski definition) is 2. The van der Waals surface area contributed by atoms with Crippen molar-refractivity contribution in [2.45, 2.75) is 49.9 Å². The van der Waals surface area contributed by atoms with E-state index in [4.69, 9.17) is 16.2 Å². The SMILES string of the molecule is Nc1cccc(C2(OC3CC(N)C3)C=CC=C3CCCC32)n1. The van der Waals surface area contributed by atoms with Gasteiger partial charge in [0.15, 0.2) is 0 Å². The number of aromatic nitrogens is 1. The fourth-order valence-electron chi connectivity index (χ4n) is 4.08. The van der Waals surface area contributed by atoms with Crippen LogP contribution in [0.3, 0.4) is 0 Å². The molecule has 0 spiro atoms. The zero-order chi connectivity index (χ0) is 15.2. The lowest BCUT2D eigenvalue weighted by molar-refractivity contribution is -0.129. The minimum absolute atomic E-state index is 0.225. The van der Waals surface area contributed by atoms with Crippen LogP contribution in [-0.2, 0) is 10.3 Å². The Labute approximate surface area is 131 Å². The lowest BCUT2D eigenvalue weighted by atomic mass is 9.76. The highest BCUT2D eigenvalue weighted by Gasteiger charge is 2.48. The van der Waals surface area contributed by atoms with Gasteiger partial charge >= 0.3 is 0 Å². The minimum Gasteiger partial charge on any atom is -0.384 e. The first kappa shape index (κ1) is 14.0. The van der Waals surface area contributed by atoms with Gasteiger partial charge in [0, 0.05) is 12.0 Å². The number of rotatable bonds is 3. The fraction of sp³-hybridized carbons (Fsp3) is 0.500. The number of pyridine rings is 1. The van der Waals surface area contributed by atoms with Crippen LogP contribution in [0.15, 0.2) is 42.0 Å².